The summed E-state index contributed by atoms with van der Waals surface area (Å²) in [6, 6.07) is 9.64. The van der Waals surface area contributed by atoms with Gasteiger partial charge in [-0.25, -0.2) is 4.79 Å². The van der Waals surface area contributed by atoms with Crippen LogP contribution in [-0.2, 0) is 4.79 Å². The summed E-state index contributed by atoms with van der Waals surface area (Å²) in [5, 5.41) is 6.33. The summed E-state index contributed by atoms with van der Waals surface area (Å²) in [5.41, 5.74) is 1.27. The number of piperidine rings is 1. The van der Waals surface area contributed by atoms with Crippen molar-refractivity contribution in [1.82, 2.24) is 10.2 Å². The second kappa shape index (κ2) is 7.09. The molecule has 2 saturated carbocycles. The average molecular weight is 384 g/mol. The normalized spacial score (nSPS) is 33.5. The van der Waals surface area contributed by atoms with Gasteiger partial charge in [0, 0.05) is 24.8 Å². The lowest BCUT2D eigenvalue weighted by atomic mass is 9.69. The highest BCUT2D eigenvalue weighted by molar-refractivity contribution is 5.90. The molecule has 152 valence electrons. The molecular formula is C23H33N3O2. The average Bonchev–Trinajstić information content (AvgIpc) is 3.02. The number of fused-ring (bicyclic) bond motifs is 2. The molecular weight excluding hydrogens is 350 g/mol. The van der Waals surface area contributed by atoms with Crippen molar-refractivity contribution in [3.63, 3.8) is 0 Å². The van der Waals surface area contributed by atoms with Crippen LogP contribution in [0.15, 0.2) is 30.3 Å². The van der Waals surface area contributed by atoms with Crippen molar-refractivity contribution in [1.29, 1.82) is 0 Å². The molecule has 1 heterocycles. The van der Waals surface area contributed by atoms with Crippen LogP contribution in [0.5, 0.6) is 0 Å². The number of carbonyl (C=O) groups excluding carboxylic acids is 2. The van der Waals surface area contributed by atoms with Gasteiger partial charge in [-0.05, 0) is 61.0 Å². The van der Waals surface area contributed by atoms with Gasteiger partial charge < -0.3 is 15.5 Å². The van der Waals surface area contributed by atoms with Crippen LogP contribution in [0, 0.1) is 22.7 Å². The molecule has 2 aliphatic carbocycles. The monoisotopic (exact) mass is 383 g/mol. The Balaban J connectivity index is 1.36. The van der Waals surface area contributed by atoms with Crippen molar-refractivity contribution >= 4 is 17.6 Å². The van der Waals surface area contributed by atoms with E-state index < -0.39 is 0 Å². The summed E-state index contributed by atoms with van der Waals surface area (Å²) < 4.78 is 0. The van der Waals surface area contributed by atoms with Crippen molar-refractivity contribution in [3.05, 3.63) is 30.3 Å². The number of nitrogens with zero attached hydrogens (tertiary/aromatic N) is 1. The van der Waals surface area contributed by atoms with Crippen LogP contribution in [0.25, 0.3) is 0 Å². The summed E-state index contributed by atoms with van der Waals surface area (Å²) in [7, 11) is 0. The Morgan fingerprint density at radius 3 is 2.50 bits per heavy atom. The summed E-state index contributed by atoms with van der Waals surface area (Å²) in [6.45, 7) is 8.30. The lowest BCUT2D eigenvalue weighted by Gasteiger charge is -2.40. The molecule has 1 aromatic carbocycles. The van der Waals surface area contributed by atoms with Gasteiger partial charge in [0.05, 0.1) is 5.92 Å². The lowest BCUT2D eigenvalue weighted by molar-refractivity contribution is -0.128. The van der Waals surface area contributed by atoms with Gasteiger partial charge >= 0.3 is 6.03 Å². The fraction of sp³-hybridized carbons (Fsp3) is 0.652. The van der Waals surface area contributed by atoms with E-state index in [2.05, 4.69) is 31.4 Å². The van der Waals surface area contributed by atoms with Crippen LogP contribution in [-0.4, -0.2) is 36.0 Å². The molecule has 0 radical (unpaired) electrons. The van der Waals surface area contributed by atoms with Gasteiger partial charge in [0.1, 0.15) is 0 Å². The summed E-state index contributed by atoms with van der Waals surface area (Å²) in [5.74, 6) is 0.732. The molecule has 4 rings (SSSR count). The third kappa shape index (κ3) is 3.19. The van der Waals surface area contributed by atoms with Gasteiger partial charge in [0.15, 0.2) is 0 Å². The van der Waals surface area contributed by atoms with Crippen LogP contribution in [0.3, 0.4) is 0 Å². The zero-order valence-corrected chi connectivity index (χ0v) is 17.3. The van der Waals surface area contributed by atoms with Crippen molar-refractivity contribution in [2.24, 2.45) is 22.7 Å². The maximum atomic E-state index is 13.0. The zero-order chi connectivity index (χ0) is 19.9. The minimum Gasteiger partial charge on any atom is -0.352 e. The van der Waals surface area contributed by atoms with Gasteiger partial charge in [-0.2, -0.15) is 0 Å². The second-order valence-corrected chi connectivity index (χ2v) is 9.75. The first-order chi connectivity index (χ1) is 13.3. The molecule has 1 aromatic rings. The van der Waals surface area contributed by atoms with Gasteiger partial charge in [-0.3, -0.25) is 4.79 Å². The Labute approximate surface area is 168 Å². The number of benzene rings is 1. The predicted octanol–water partition coefficient (Wildman–Crippen LogP) is 4.26. The first kappa shape index (κ1) is 19.3. The molecule has 0 unspecified atom stereocenters. The van der Waals surface area contributed by atoms with Crippen molar-refractivity contribution in [3.8, 4) is 0 Å². The molecule has 0 spiro atoms. The molecule has 0 aromatic heterocycles. The van der Waals surface area contributed by atoms with E-state index in [1.807, 2.05) is 30.3 Å². The molecule has 2 N–H and O–H groups in total. The number of carbonyl (C=O) groups is 2. The molecule has 2 bridgehead atoms. The number of anilines is 1. The molecule has 3 aliphatic rings. The van der Waals surface area contributed by atoms with E-state index in [9.17, 15) is 9.59 Å². The molecule has 28 heavy (non-hydrogen) atoms. The Morgan fingerprint density at radius 2 is 1.86 bits per heavy atom. The number of amides is 3. The Morgan fingerprint density at radius 1 is 1.11 bits per heavy atom. The number of likely N-dealkylation sites (tertiary alicyclic amines) is 1. The largest absolute Gasteiger partial charge is 0.352 e. The number of urea groups is 1. The fourth-order valence-corrected chi connectivity index (χ4v) is 5.81. The maximum Gasteiger partial charge on any atom is 0.321 e. The zero-order valence-electron chi connectivity index (χ0n) is 17.3. The van der Waals surface area contributed by atoms with Crippen molar-refractivity contribution < 1.29 is 9.59 Å². The minimum absolute atomic E-state index is 0.110. The highest BCUT2D eigenvalue weighted by atomic mass is 16.2. The second-order valence-electron chi connectivity index (χ2n) is 9.75. The van der Waals surface area contributed by atoms with Crippen molar-refractivity contribution in [2.45, 2.75) is 58.9 Å². The quantitative estimate of drug-likeness (QED) is 0.819. The maximum absolute atomic E-state index is 13.0. The number of nitrogens with one attached hydrogen (secondary N) is 2. The molecule has 1 saturated heterocycles. The van der Waals surface area contributed by atoms with Gasteiger partial charge in [0.25, 0.3) is 0 Å². The molecule has 4 atom stereocenters. The summed E-state index contributed by atoms with van der Waals surface area (Å²) in [6.07, 6.45) is 5.31. The van der Waals surface area contributed by atoms with Crippen LogP contribution >= 0.6 is 0 Å². The van der Waals surface area contributed by atoms with Crippen molar-refractivity contribution in [2.75, 3.05) is 18.4 Å². The first-order valence-corrected chi connectivity index (χ1v) is 10.7. The molecule has 3 fully saturated rings. The number of para-hydroxylation sites is 1. The SMILES string of the molecule is CC1(C)[C@H]2CC[C@@]1(C)[C@@H](NC(=O)[C@H]1CCCN(C(=O)Nc3ccccc3)C1)C2. The van der Waals surface area contributed by atoms with E-state index in [4.69, 9.17) is 0 Å². The smallest absolute Gasteiger partial charge is 0.321 e. The molecule has 1 aliphatic heterocycles. The highest BCUT2D eigenvalue weighted by Gasteiger charge is 2.61. The van der Waals surface area contributed by atoms with E-state index >= 15 is 0 Å². The summed E-state index contributed by atoms with van der Waals surface area (Å²) >= 11 is 0. The van der Waals surface area contributed by atoms with Crippen LogP contribution in [0.4, 0.5) is 10.5 Å². The van der Waals surface area contributed by atoms with E-state index in [0.29, 0.717) is 24.4 Å². The van der Waals surface area contributed by atoms with Crippen LogP contribution in [0.2, 0.25) is 0 Å². The number of hydrogen-bond acceptors (Lipinski definition) is 2. The molecule has 5 heteroatoms. The summed E-state index contributed by atoms with van der Waals surface area (Å²) in [4.78, 5) is 27.4. The number of hydrogen-bond donors (Lipinski definition) is 2. The van der Waals surface area contributed by atoms with Crippen LogP contribution in [0.1, 0.15) is 52.9 Å². The number of rotatable bonds is 3. The highest BCUT2D eigenvalue weighted by Crippen LogP contribution is 2.65. The third-order valence-corrected chi connectivity index (χ3v) is 8.21. The topological polar surface area (TPSA) is 61.4 Å². The lowest BCUT2D eigenvalue weighted by Crippen LogP contribution is -2.52. The van der Waals surface area contributed by atoms with E-state index in [0.717, 1.165) is 24.9 Å². The van der Waals surface area contributed by atoms with E-state index in [-0.39, 0.29) is 29.3 Å². The Bertz CT molecular complexity index is 747. The van der Waals surface area contributed by atoms with Gasteiger partial charge in [-0.15, -0.1) is 0 Å². The van der Waals surface area contributed by atoms with Gasteiger partial charge in [-0.1, -0.05) is 39.0 Å². The Hall–Kier alpha value is -2.04. The standard InChI is InChI=1S/C23H33N3O2/c1-22(2)17-11-12-23(22,3)19(14-17)25-20(27)16-8-7-13-26(15-16)21(28)24-18-9-5-4-6-10-18/h4-6,9-10,16-17,19H,7-8,11-15H2,1-3H3,(H,24,28)(H,25,27)/t16-,17-,19-,23-/m0/s1. The Kier molecular flexibility index (Phi) is 4.88. The van der Waals surface area contributed by atoms with E-state index in [1.54, 1.807) is 4.90 Å². The first-order valence-electron chi connectivity index (χ1n) is 10.7. The van der Waals surface area contributed by atoms with E-state index in [1.165, 1.54) is 12.8 Å². The molecule has 5 nitrogen and oxygen atoms in total. The van der Waals surface area contributed by atoms with Gasteiger partial charge in [0.2, 0.25) is 5.91 Å². The van der Waals surface area contributed by atoms with Crippen LogP contribution < -0.4 is 10.6 Å². The third-order valence-electron chi connectivity index (χ3n) is 8.21. The minimum atomic E-state index is -0.114. The fourth-order valence-electron chi connectivity index (χ4n) is 5.81. The molecule has 3 amide bonds. The predicted molar refractivity (Wildman–Crippen MR) is 111 cm³/mol.